The summed E-state index contributed by atoms with van der Waals surface area (Å²) in [6, 6.07) is 6.45. The summed E-state index contributed by atoms with van der Waals surface area (Å²) < 4.78 is 32.1. The van der Waals surface area contributed by atoms with Crippen molar-refractivity contribution in [1.82, 2.24) is 4.31 Å². The highest BCUT2D eigenvalue weighted by Gasteiger charge is 2.33. The Morgan fingerprint density at radius 2 is 1.55 bits per heavy atom. The van der Waals surface area contributed by atoms with Gasteiger partial charge in [0.25, 0.3) is 10.0 Å². The van der Waals surface area contributed by atoms with Crippen molar-refractivity contribution >= 4 is 27.8 Å². The van der Waals surface area contributed by atoms with E-state index in [0.717, 1.165) is 22.1 Å². The van der Waals surface area contributed by atoms with E-state index in [4.69, 9.17) is 9.52 Å². The highest BCUT2D eigenvalue weighted by atomic mass is 32.2. The number of aromatic carboxylic acids is 1. The maximum Gasteiger partial charge on any atom is 0.371 e. The third-order valence-corrected chi connectivity index (χ3v) is 8.87. The van der Waals surface area contributed by atoms with E-state index < -0.39 is 21.8 Å². The molecule has 9 heteroatoms. The second-order valence-electron chi connectivity index (χ2n) is 10.5. The molecule has 1 aromatic carbocycles. The maximum atomic E-state index is 12.8. The van der Waals surface area contributed by atoms with Gasteiger partial charge in [-0.25, -0.2) is 13.2 Å². The number of furan rings is 1. The second-order valence-corrected chi connectivity index (χ2v) is 13.8. The summed E-state index contributed by atoms with van der Waals surface area (Å²) in [6.45, 7) is 13.1. The fourth-order valence-corrected chi connectivity index (χ4v) is 6.49. The van der Waals surface area contributed by atoms with Crippen molar-refractivity contribution in [3.63, 3.8) is 0 Å². The summed E-state index contributed by atoms with van der Waals surface area (Å²) in [4.78, 5) is 12.1. The van der Waals surface area contributed by atoms with E-state index in [2.05, 4.69) is 53.7 Å². The van der Waals surface area contributed by atoms with E-state index in [1.54, 1.807) is 11.8 Å². The number of hydrogen-bond donors (Lipinski definition) is 2. The molecule has 1 aromatic heterocycles. The molecule has 182 valence electrons. The molecule has 2 N–H and O–H groups in total. The van der Waals surface area contributed by atoms with Gasteiger partial charge >= 0.3 is 5.97 Å². The summed E-state index contributed by atoms with van der Waals surface area (Å²) >= 11 is 1.72. The fourth-order valence-electron chi connectivity index (χ4n) is 3.90. The molecule has 1 aliphatic heterocycles. The van der Waals surface area contributed by atoms with Gasteiger partial charge in [-0.05, 0) is 47.9 Å². The van der Waals surface area contributed by atoms with Gasteiger partial charge in [0.15, 0.2) is 0 Å². The van der Waals surface area contributed by atoms with Crippen LogP contribution in [0.3, 0.4) is 0 Å². The number of rotatable bonds is 5. The largest absolute Gasteiger partial charge is 0.507 e. The van der Waals surface area contributed by atoms with Crippen LogP contribution in [-0.4, -0.2) is 47.2 Å². The number of carboxylic acid groups (broad SMARTS) is 1. The second kappa shape index (κ2) is 9.00. The van der Waals surface area contributed by atoms with Crippen molar-refractivity contribution in [3.05, 3.63) is 41.2 Å². The van der Waals surface area contributed by atoms with Crippen LogP contribution in [0.15, 0.2) is 38.7 Å². The molecule has 2 heterocycles. The third-order valence-electron chi connectivity index (χ3n) is 5.79. The average Bonchev–Trinajstić information content (AvgIpc) is 3.19. The van der Waals surface area contributed by atoms with Gasteiger partial charge in [-0.1, -0.05) is 41.5 Å². The molecule has 0 aliphatic carbocycles. The van der Waals surface area contributed by atoms with Crippen molar-refractivity contribution in [2.75, 3.05) is 13.1 Å². The topological polar surface area (TPSA) is 108 Å². The van der Waals surface area contributed by atoms with E-state index in [9.17, 15) is 18.3 Å². The zero-order valence-corrected chi connectivity index (χ0v) is 21.6. The molecule has 0 saturated carbocycles. The highest BCUT2D eigenvalue weighted by Crippen LogP contribution is 2.43. The Bertz CT molecular complexity index is 1100. The van der Waals surface area contributed by atoms with E-state index in [1.807, 2.05) is 0 Å². The highest BCUT2D eigenvalue weighted by molar-refractivity contribution is 8.00. The molecule has 1 saturated heterocycles. The van der Waals surface area contributed by atoms with E-state index >= 15 is 0 Å². The minimum atomic E-state index is -3.87. The lowest BCUT2D eigenvalue weighted by Crippen LogP contribution is -2.39. The van der Waals surface area contributed by atoms with E-state index in [-0.39, 0.29) is 21.2 Å². The Kier molecular flexibility index (Phi) is 6.99. The minimum Gasteiger partial charge on any atom is -0.507 e. The number of piperidine rings is 1. The molecule has 0 spiro atoms. The monoisotopic (exact) mass is 495 g/mol. The van der Waals surface area contributed by atoms with Crippen molar-refractivity contribution in [2.45, 2.75) is 80.5 Å². The van der Waals surface area contributed by atoms with Crippen LogP contribution in [0.2, 0.25) is 0 Å². The number of thioether (sulfide) groups is 1. The standard InChI is InChI=1S/C24H33NO6S2/c1-23(2,3)17-13-16(14-18(21(17)26)24(4,5)6)32-15-9-11-25(12-10-15)33(29,30)20-8-7-19(31-20)22(27)28/h7-8,13-15,26H,9-12H2,1-6H3,(H,27,28). The molecule has 7 nitrogen and oxygen atoms in total. The first-order valence-corrected chi connectivity index (χ1v) is 13.3. The van der Waals surface area contributed by atoms with Gasteiger partial charge in [-0.3, -0.25) is 0 Å². The van der Waals surface area contributed by atoms with Gasteiger partial charge in [0, 0.05) is 34.4 Å². The van der Waals surface area contributed by atoms with Crippen LogP contribution in [0, 0.1) is 0 Å². The molecular formula is C24H33NO6S2. The van der Waals surface area contributed by atoms with Gasteiger partial charge in [-0.15, -0.1) is 11.8 Å². The first-order valence-electron chi connectivity index (χ1n) is 11.0. The molecule has 33 heavy (non-hydrogen) atoms. The SMILES string of the molecule is CC(C)(C)c1cc(SC2CCN(S(=O)(=O)c3ccc(C(=O)O)o3)CC2)cc(C(C)(C)C)c1O. The number of nitrogens with zero attached hydrogens (tertiary/aromatic N) is 1. The lowest BCUT2D eigenvalue weighted by Gasteiger charge is -2.31. The first-order chi connectivity index (χ1) is 15.1. The smallest absolute Gasteiger partial charge is 0.371 e. The summed E-state index contributed by atoms with van der Waals surface area (Å²) in [5.41, 5.74) is 1.39. The summed E-state index contributed by atoms with van der Waals surface area (Å²) in [7, 11) is -3.87. The van der Waals surface area contributed by atoms with Gasteiger partial charge in [-0.2, -0.15) is 4.31 Å². The molecule has 1 aliphatic rings. The summed E-state index contributed by atoms with van der Waals surface area (Å²) in [6.07, 6.45) is 1.32. The number of phenols is 1. The molecule has 0 atom stereocenters. The summed E-state index contributed by atoms with van der Waals surface area (Å²) in [5.74, 6) is -1.35. The van der Waals surface area contributed by atoms with Crippen LogP contribution in [0.25, 0.3) is 0 Å². The Balaban J connectivity index is 1.76. The zero-order valence-electron chi connectivity index (χ0n) is 20.0. The Morgan fingerprint density at radius 3 is 1.97 bits per heavy atom. The summed E-state index contributed by atoms with van der Waals surface area (Å²) in [5, 5.41) is 19.8. The lowest BCUT2D eigenvalue weighted by atomic mass is 9.79. The first kappa shape index (κ1) is 25.6. The third kappa shape index (κ3) is 5.58. The predicted molar refractivity (Wildman–Crippen MR) is 129 cm³/mol. The van der Waals surface area contributed by atoms with Crippen LogP contribution < -0.4 is 0 Å². The van der Waals surface area contributed by atoms with Gasteiger partial charge in [0.1, 0.15) is 5.75 Å². The molecule has 0 amide bonds. The molecule has 3 rings (SSSR count). The molecule has 2 aromatic rings. The van der Waals surface area contributed by atoms with Gasteiger partial charge in [0.05, 0.1) is 0 Å². The van der Waals surface area contributed by atoms with Gasteiger partial charge in [0.2, 0.25) is 10.9 Å². The number of sulfonamides is 1. The molecule has 1 fully saturated rings. The van der Waals surface area contributed by atoms with Crippen molar-refractivity contribution in [3.8, 4) is 5.75 Å². The van der Waals surface area contributed by atoms with Crippen molar-refractivity contribution < 1.29 is 27.8 Å². The number of aromatic hydroxyl groups is 1. The maximum absolute atomic E-state index is 12.8. The quantitative estimate of drug-likeness (QED) is 0.585. The average molecular weight is 496 g/mol. The molecule has 0 radical (unpaired) electrons. The van der Waals surface area contributed by atoms with Crippen LogP contribution in [0.4, 0.5) is 0 Å². The molecular weight excluding hydrogens is 462 g/mol. The van der Waals surface area contributed by atoms with Crippen molar-refractivity contribution in [2.24, 2.45) is 0 Å². The zero-order chi connectivity index (χ0) is 24.8. The molecule has 0 unspecified atom stereocenters. The van der Waals surface area contributed by atoms with Gasteiger partial charge < -0.3 is 14.6 Å². The normalized spacial score (nSPS) is 16.8. The van der Waals surface area contributed by atoms with E-state index in [0.29, 0.717) is 31.7 Å². The van der Waals surface area contributed by atoms with Crippen LogP contribution in [-0.2, 0) is 20.9 Å². The number of benzene rings is 1. The lowest BCUT2D eigenvalue weighted by molar-refractivity contribution is 0.0656. The van der Waals surface area contributed by atoms with E-state index in [1.165, 1.54) is 10.4 Å². The van der Waals surface area contributed by atoms with Crippen molar-refractivity contribution in [1.29, 1.82) is 0 Å². The van der Waals surface area contributed by atoms with Crippen LogP contribution in [0.1, 0.15) is 76.1 Å². The Morgan fingerprint density at radius 1 is 1.03 bits per heavy atom. The predicted octanol–water partition coefficient (Wildman–Crippen LogP) is 5.22. The Labute approximate surface area is 200 Å². The number of hydrogen-bond acceptors (Lipinski definition) is 6. The number of phenolic OH excluding ortho intramolecular Hbond substituents is 1. The minimum absolute atomic E-state index is 0.212. The Hall–Kier alpha value is -1.97. The van der Waals surface area contributed by atoms with Crippen LogP contribution in [0.5, 0.6) is 5.75 Å². The number of carbonyl (C=O) groups is 1. The fraction of sp³-hybridized carbons (Fsp3) is 0.542. The van der Waals surface area contributed by atoms with Crippen LogP contribution >= 0.6 is 11.8 Å². The molecule has 0 bridgehead atoms. The number of carboxylic acids is 1.